The molecule has 0 bridgehead atoms. The second-order valence-corrected chi connectivity index (χ2v) is 6.81. The van der Waals surface area contributed by atoms with Crippen molar-refractivity contribution in [3.63, 3.8) is 0 Å². The third-order valence-corrected chi connectivity index (χ3v) is 4.61. The molecular weight excluding hydrogens is 352 g/mol. The summed E-state index contributed by atoms with van der Waals surface area (Å²) in [6.07, 6.45) is 4.36. The lowest BCUT2D eigenvalue weighted by molar-refractivity contribution is 0.112. The molecule has 0 saturated heterocycles. The molecule has 2 aromatic heterocycles. The fourth-order valence-corrected chi connectivity index (χ4v) is 3.17. The van der Waals surface area contributed by atoms with Crippen LogP contribution in [0.3, 0.4) is 0 Å². The van der Waals surface area contributed by atoms with Gasteiger partial charge in [-0.05, 0) is 55.8 Å². The van der Waals surface area contributed by atoms with Crippen LogP contribution < -0.4 is 10.5 Å². The van der Waals surface area contributed by atoms with Crippen molar-refractivity contribution in [2.45, 2.75) is 19.9 Å². The van der Waals surface area contributed by atoms with Gasteiger partial charge in [0.25, 0.3) is 0 Å². The van der Waals surface area contributed by atoms with Crippen molar-refractivity contribution in [1.82, 2.24) is 14.5 Å². The average Bonchev–Trinajstić information content (AvgIpc) is 3.10. The molecule has 4 aromatic rings. The molecule has 0 aliphatic heterocycles. The van der Waals surface area contributed by atoms with E-state index in [1.54, 1.807) is 24.3 Å². The zero-order valence-electron chi connectivity index (χ0n) is 15.7. The summed E-state index contributed by atoms with van der Waals surface area (Å²) < 4.78 is 7.95. The minimum Gasteiger partial charge on any atom is -0.457 e. The maximum atomic E-state index is 10.7. The second-order valence-electron chi connectivity index (χ2n) is 6.81. The lowest BCUT2D eigenvalue weighted by Gasteiger charge is -2.07. The van der Waals surface area contributed by atoms with Crippen LogP contribution in [0, 0.1) is 0 Å². The maximum Gasteiger partial charge on any atom is 0.150 e. The van der Waals surface area contributed by atoms with Gasteiger partial charge in [0.1, 0.15) is 35.6 Å². The molecule has 0 fully saturated rings. The van der Waals surface area contributed by atoms with E-state index in [0.29, 0.717) is 22.9 Å². The molecule has 6 nitrogen and oxygen atoms in total. The number of fused-ring (bicyclic) bond motifs is 1. The van der Waals surface area contributed by atoms with Crippen molar-refractivity contribution in [2.75, 3.05) is 5.73 Å². The standard InChI is InChI=1S/C22H20N4O2/c1-14(2)26-11-19(20-21(23)24-13-25-22(20)26)16-5-9-18(10-6-16)28-17-7-3-15(12-27)4-8-17/h3-14H,1-2H3,(H2,23,24,25). The van der Waals surface area contributed by atoms with Crippen molar-refractivity contribution in [2.24, 2.45) is 0 Å². The Morgan fingerprint density at radius 3 is 2.25 bits per heavy atom. The highest BCUT2D eigenvalue weighted by molar-refractivity contribution is 6.00. The zero-order valence-corrected chi connectivity index (χ0v) is 15.7. The van der Waals surface area contributed by atoms with Crippen LogP contribution in [0.15, 0.2) is 61.1 Å². The number of nitrogens with two attached hydrogens (primary N) is 1. The molecule has 6 heteroatoms. The first-order valence-electron chi connectivity index (χ1n) is 9.01. The predicted molar refractivity (Wildman–Crippen MR) is 110 cm³/mol. The summed E-state index contributed by atoms with van der Waals surface area (Å²) in [6, 6.07) is 15.0. The number of hydrogen-bond acceptors (Lipinski definition) is 5. The van der Waals surface area contributed by atoms with E-state index in [9.17, 15) is 4.79 Å². The highest BCUT2D eigenvalue weighted by Gasteiger charge is 2.16. The third-order valence-electron chi connectivity index (χ3n) is 4.61. The Kier molecular flexibility index (Phi) is 4.53. The molecule has 0 aliphatic carbocycles. The fraction of sp³-hybridized carbons (Fsp3) is 0.136. The van der Waals surface area contributed by atoms with E-state index in [1.165, 1.54) is 6.33 Å². The van der Waals surface area contributed by atoms with Crippen molar-refractivity contribution in [3.05, 3.63) is 66.6 Å². The number of rotatable bonds is 5. The topological polar surface area (TPSA) is 83.0 Å². The zero-order chi connectivity index (χ0) is 19.7. The highest BCUT2D eigenvalue weighted by Crippen LogP contribution is 2.35. The SMILES string of the molecule is CC(C)n1cc(-c2ccc(Oc3ccc(C=O)cc3)cc2)c2c(N)ncnc21. The van der Waals surface area contributed by atoms with Crippen molar-refractivity contribution < 1.29 is 9.53 Å². The first-order valence-corrected chi connectivity index (χ1v) is 9.01. The van der Waals surface area contributed by atoms with E-state index >= 15 is 0 Å². The van der Waals surface area contributed by atoms with E-state index in [4.69, 9.17) is 10.5 Å². The van der Waals surface area contributed by atoms with E-state index in [0.717, 1.165) is 28.4 Å². The summed E-state index contributed by atoms with van der Waals surface area (Å²) in [5.74, 6) is 1.85. The second kappa shape index (κ2) is 7.15. The molecule has 0 atom stereocenters. The Bertz CT molecular complexity index is 1130. The molecule has 2 N–H and O–H groups in total. The van der Waals surface area contributed by atoms with Gasteiger partial charge >= 0.3 is 0 Å². The van der Waals surface area contributed by atoms with Gasteiger partial charge in [-0.1, -0.05) is 12.1 Å². The van der Waals surface area contributed by atoms with E-state index < -0.39 is 0 Å². The quantitative estimate of drug-likeness (QED) is 0.506. The van der Waals surface area contributed by atoms with Gasteiger partial charge in [-0.3, -0.25) is 4.79 Å². The molecular formula is C22H20N4O2. The lowest BCUT2D eigenvalue weighted by Crippen LogP contribution is -2.00. The van der Waals surface area contributed by atoms with Gasteiger partial charge in [-0.25, -0.2) is 9.97 Å². The van der Waals surface area contributed by atoms with Crippen LogP contribution in [0.25, 0.3) is 22.2 Å². The summed E-state index contributed by atoms with van der Waals surface area (Å²) in [5.41, 5.74) is 9.59. The monoisotopic (exact) mass is 372 g/mol. The van der Waals surface area contributed by atoms with Gasteiger partial charge in [0, 0.05) is 23.4 Å². The number of nitrogens with zero attached hydrogens (tertiary/aromatic N) is 3. The summed E-state index contributed by atoms with van der Waals surface area (Å²) in [5, 5.41) is 0.856. The van der Waals surface area contributed by atoms with Crippen LogP contribution >= 0.6 is 0 Å². The summed E-state index contributed by atoms with van der Waals surface area (Å²) >= 11 is 0. The number of aromatic nitrogens is 3. The van der Waals surface area contributed by atoms with Crippen molar-refractivity contribution in [3.8, 4) is 22.6 Å². The molecule has 0 spiro atoms. The molecule has 28 heavy (non-hydrogen) atoms. The molecule has 0 radical (unpaired) electrons. The van der Waals surface area contributed by atoms with E-state index in [1.807, 2.05) is 24.3 Å². The Morgan fingerprint density at radius 1 is 1.00 bits per heavy atom. The molecule has 0 saturated carbocycles. The summed E-state index contributed by atoms with van der Waals surface area (Å²) in [6.45, 7) is 4.21. The number of benzene rings is 2. The minimum absolute atomic E-state index is 0.252. The number of aldehydes is 1. The summed E-state index contributed by atoms with van der Waals surface area (Å²) in [4.78, 5) is 19.3. The largest absolute Gasteiger partial charge is 0.457 e. The van der Waals surface area contributed by atoms with Gasteiger partial charge in [-0.15, -0.1) is 0 Å². The van der Waals surface area contributed by atoms with Crippen LogP contribution in [-0.2, 0) is 0 Å². The van der Waals surface area contributed by atoms with Crippen LogP contribution in [0.5, 0.6) is 11.5 Å². The van der Waals surface area contributed by atoms with Crippen LogP contribution in [-0.4, -0.2) is 20.8 Å². The van der Waals surface area contributed by atoms with Crippen LogP contribution in [0.1, 0.15) is 30.2 Å². The first kappa shape index (κ1) is 17.7. The Labute approximate surface area is 162 Å². The third kappa shape index (κ3) is 3.20. The Morgan fingerprint density at radius 2 is 1.64 bits per heavy atom. The molecule has 0 aliphatic rings. The number of ether oxygens (including phenoxy) is 1. The van der Waals surface area contributed by atoms with Gasteiger partial charge in [0.2, 0.25) is 0 Å². The molecule has 4 rings (SSSR count). The number of hydrogen-bond donors (Lipinski definition) is 1. The van der Waals surface area contributed by atoms with E-state index in [2.05, 4.69) is 34.6 Å². The lowest BCUT2D eigenvalue weighted by atomic mass is 10.1. The van der Waals surface area contributed by atoms with Crippen LogP contribution in [0.2, 0.25) is 0 Å². The van der Waals surface area contributed by atoms with Crippen LogP contribution in [0.4, 0.5) is 5.82 Å². The Hall–Kier alpha value is -3.67. The highest BCUT2D eigenvalue weighted by atomic mass is 16.5. The summed E-state index contributed by atoms with van der Waals surface area (Å²) in [7, 11) is 0. The normalized spacial score (nSPS) is 11.1. The molecule has 0 unspecified atom stereocenters. The number of carbonyl (C=O) groups excluding carboxylic acids is 1. The molecule has 0 amide bonds. The first-order chi connectivity index (χ1) is 13.6. The number of anilines is 1. The molecule has 2 aromatic carbocycles. The van der Waals surface area contributed by atoms with Crippen molar-refractivity contribution >= 4 is 23.1 Å². The van der Waals surface area contributed by atoms with Gasteiger partial charge in [0.15, 0.2) is 0 Å². The van der Waals surface area contributed by atoms with Gasteiger partial charge in [-0.2, -0.15) is 0 Å². The van der Waals surface area contributed by atoms with Gasteiger partial charge < -0.3 is 15.0 Å². The molecule has 140 valence electrons. The molecule has 2 heterocycles. The predicted octanol–water partition coefficient (Wildman–Crippen LogP) is 4.87. The number of nitrogen functional groups attached to an aromatic ring is 1. The van der Waals surface area contributed by atoms with E-state index in [-0.39, 0.29) is 6.04 Å². The number of carbonyl (C=O) groups is 1. The Balaban J connectivity index is 1.68. The van der Waals surface area contributed by atoms with Crippen molar-refractivity contribution in [1.29, 1.82) is 0 Å². The average molecular weight is 372 g/mol. The van der Waals surface area contributed by atoms with Gasteiger partial charge in [0.05, 0.1) is 5.39 Å². The smallest absolute Gasteiger partial charge is 0.150 e. The maximum absolute atomic E-state index is 10.7. The minimum atomic E-state index is 0.252. The fourth-order valence-electron chi connectivity index (χ4n) is 3.17.